The zero-order valence-electron chi connectivity index (χ0n) is 11.4. The van der Waals surface area contributed by atoms with Crippen molar-refractivity contribution in [2.75, 3.05) is 12.4 Å². The van der Waals surface area contributed by atoms with Gasteiger partial charge in [-0.3, -0.25) is 4.79 Å². The third-order valence-electron chi connectivity index (χ3n) is 2.84. The summed E-state index contributed by atoms with van der Waals surface area (Å²) in [6, 6.07) is 13.8. The molecule has 0 spiro atoms. The van der Waals surface area contributed by atoms with Gasteiger partial charge in [0, 0.05) is 5.56 Å². The number of carbonyl (C=O) groups excluding carboxylic acids is 1. The number of amides is 1. The highest BCUT2D eigenvalue weighted by Crippen LogP contribution is 2.26. The van der Waals surface area contributed by atoms with Crippen LogP contribution in [0.5, 0.6) is 5.75 Å². The largest absolute Gasteiger partial charge is 0.495 e. The van der Waals surface area contributed by atoms with E-state index in [1.807, 2.05) is 6.07 Å². The summed E-state index contributed by atoms with van der Waals surface area (Å²) in [4.78, 5) is 12.1. The van der Waals surface area contributed by atoms with E-state index in [2.05, 4.69) is 5.32 Å². The number of nitrogens with one attached hydrogen (secondary N) is 1. The van der Waals surface area contributed by atoms with Crippen molar-refractivity contribution in [2.45, 2.75) is 5.75 Å². The molecule has 0 aliphatic heterocycles. The van der Waals surface area contributed by atoms with E-state index in [4.69, 9.17) is 9.29 Å². The van der Waals surface area contributed by atoms with Crippen LogP contribution in [0.2, 0.25) is 0 Å². The Labute approximate surface area is 125 Å². The number of anilines is 1. The summed E-state index contributed by atoms with van der Waals surface area (Å²) in [5.74, 6) is 0.223. The molecule has 1 amide bonds. The van der Waals surface area contributed by atoms with Crippen molar-refractivity contribution < 1.29 is 18.3 Å². The lowest BCUT2D eigenvalue weighted by Gasteiger charge is -2.11. The first-order valence-electron chi connectivity index (χ1n) is 6.21. The first-order valence-corrected chi connectivity index (χ1v) is 7.48. The third kappa shape index (κ3) is 4.14. The van der Waals surface area contributed by atoms with Gasteiger partial charge in [-0.05, 0) is 29.8 Å². The fourth-order valence-corrected chi connectivity index (χ4v) is 2.33. The van der Waals surface area contributed by atoms with Crippen molar-refractivity contribution in [2.24, 2.45) is 0 Å². The second-order valence-corrected chi connectivity index (χ2v) is 5.25. The molecule has 0 bridgehead atoms. The van der Waals surface area contributed by atoms with Gasteiger partial charge in [0.05, 0.1) is 18.6 Å². The summed E-state index contributed by atoms with van der Waals surface area (Å²) in [6.45, 7) is 0. The van der Waals surface area contributed by atoms with Gasteiger partial charge in [0.1, 0.15) is 5.75 Å². The molecule has 0 saturated heterocycles. The molecule has 2 aromatic carbocycles. The van der Waals surface area contributed by atoms with Crippen molar-refractivity contribution >= 4 is 22.7 Å². The third-order valence-corrected chi connectivity index (χ3v) is 3.42. The van der Waals surface area contributed by atoms with E-state index in [0.717, 1.165) is 0 Å². The van der Waals surface area contributed by atoms with Crippen molar-refractivity contribution in [1.82, 2.24) is 0 Å². The molecule has 6 heteroatoms. The smallest absolute Gasteiger partial charge is 0.255 e. The Morgan fingerprint density at radius 3 is 2.57 bits per heavy atom. The molecule has 0 aromatic heterocycles. The molecular weight excluding hydrogens is 290 g/mol. The molecule has 21 heavy (non-hydrogen) atoms. The highest BCUT2D eigenvalue weighted by Gasteiger charge is 2.11. The first kappa shape index (κ1) is 15.2. The first-order chi connectivity index (χ1) is 10.1. The van der Waals surface area contributed by atoms with E-state index in [9.17, 15) is 9.00 Å². The number of methoxy groups -OCH3 is 1. The molecule has 1 atom stereocenters. The molecule has 0 aliphatic rings. The Morgan fingerprint density at radius 1 is 1.24 bits per heavy atom. The van der Waals surface area contributed by atoms with E-state index in [0.29, 0.717) is 22.6 Å². The molecule has 2 aromatic rings. The molecule has 2 N–H and O–H groups in total. The van der Waals surface area contributed by atoms with Gasteiger partial charge in [-0.25, -0.2) is 4.21 Å². The summed E-state index contributed by atoms with van der Waals surface area (Å²) < 4.78 is 25.0. The highest BCUT2D eigenvalue weighted by atomic mass is 32.2. The molecule has 0 saturated carbocycles. The normalized spacial score (nSPS) is 11.7. The van der Waals surface area contributed by atoms with E-state index >= 15 is 0 Å². The van der Waals surface area contributed by atoms with Crippen molar-refractivity contribution in [3.63, 3.8) is 0 Å². The number of hydrogen-bond acceptors (Lipinski definition) is 3. The number of hydrogen-bond donors (Lipinski definition) is 2. The summed E-state index contributed by atoms with van der Waals surface area (Å²) in [7, 11) is 1.50. The van der Waals surface area contributed by atoms with Gasteiger partial charge in [-0.1, -0.05) is 24.3 Å². The molecular formula is C15H15NO4S. The van der Waals surface area contributed by atoms with Gasteiger partial charge in [0.25, 0.3) is 5.91 Å². The van der Waals surface area contributed by atoms with Crippen LogP contribution >= 0.6 is 0 Å². The second-order valence-electron chi connectivity index (χ2n) is 4.32. The lowest BCUT2D eigenvalue weighted by molar-refractivity contribution is 0.102. The van der Waals surface area contributed by atoms with Crippen LogP contribution in [-0.4, -0.2) is 21.8 Å². The minimum atomic E-state index is -1.94. The van der Waals surface area contributed by atoms with E-state index < -0.39 is 11.1 Å². The Morgan fingerprint density at radius 2 is 1.95 bits per heavy atom. The summed E-state index contributed by atoms with van der Waals surface area (Å²) in [6.07, 6.45) is 0. The molecule has 5 nitrogen and oxygen atoms in total. The van der Waals surface area contributed by atoms with E-state index in [1.54, 1.807) is 42.5 Å². The maximum Gasteiger partial charge on any atom is 0.255 e. The average molecular weight is 305 g/mol. The quantitative estimate of drug-likeness (QED) is 0.833. The molecule has 1 unspecified atom stereocenters. The van der Waals surface area contributed by atoms with Gasteiger partial charge >= 0.3 is 0 Å². The monoisotopic (exact) mass is 305 g/mol. The van der Waals surface area contributed by atoms with Gasteiger partial charge < -0.3 is 14.6 Å². The molecule has 2 rings (SSSR count). The number of rotatable bonds is 5. The lowest BCUT2D eigenvalue weighted by Crippen LogP contribution is -2.12. The van der Waals surface area contributed by atoms with Crippen LogP contribution in [0.3, 0.4) is 0 Å². The molecule has 0 heterocycles. The minimum absolute atomic E-state index is 0.00178. The number of carbonyl (C=O) groups is 1. The minimum Gasteiger partial charge on any atom is -0.495 e. The van der Waals surface area contributed by atoms with Gasteiger partial charge in [0.15, 0.2) is 11.1 Å². The Kier molecular flexibility index (Phi) is 5.08. The molecule has 0 fully saturated rings. The SMILES string of the molecule is COc1ccc(CS(=O)O)cc1NC(=O)c1ccccc1. The maximum absolute atomic E-state index is 12.1. The van der Waals surface area contributed by atoms with Crippen LogP contribution in [0.1, 0.15) is 15.9 Å². The summed E-state index contributed by atoms with van der Waals surface area (Å²) in [5, 5.41) is 2.75. The fraction of sp³-hybridized carbons (Fsp3) is 0.133. The second kappa shape index (κ2) is 7.01. The predicted molar refractivity (Wildman–Crippen MR) is 81.9 cm³/mol. The van der Waals surface area contributed by atoms with Crippen LogP contribution in [0.4, 0.5) is 5.69 Å². The van der Waals surface area contributed by atoms with Crippen LogP contribution in [0.15, 0.2) is 48.5 Å². The molecule has 0 aliphatic carbocycles. The topological polar surface area (TPSA) is 75.6 Å². The standard InChI is InChI=1S/C15H15NO4S/c1-20-14-8-7-11(10-21(18)19)9-13(14)16-15(17)12-5-3-2-4-6-12/h2-9H,10H2,1H3,(H,16,17)(H,18,19). The summed E-state index contributed by atoms with van der Waals surface area (Å²) in [5.41, 5.74) is 1.63. The summed E-state index contributed by atoms with van der Waals surface area (Å²) >= 11 is -1.94. The van der Waals surface area contributed by atoms with Gasteiger partial charge in [-0.2, -0.15) is 0 Å². The van der Waals surface area contributed by atoms with E-state index in [1.165, 1.54) is 7.11 Å². The molecule has 0 radical (unpaired) electrons. The Hall–Kier alpha value is -2.18. The van der Waals surface area contributed by atoms with Crippen LogP contribution in [-0.2, 0) is 16.8 Å². The number of benzene rings is 2. The Balaban J connectivity index is 2.25. The lowest BCUT2D eigenvalue weighted by atomic mass is 10.1. The molecule has 110 valence electrons. The van der Waals surface area contributed by atoms with Crippen molar-refractivity contribution in [1.29, 1.82) is 0 Å². The van der Waals surface area contributed by atoms with Crippen molar-refractivity contribution in [3.8, 4) is 5.75 Å². The average Bonchev–Trinajstić information content (AvgIpc) is 2.48. The van der Waals surface area contributed by atoms with E-state index in [-0.39, 0.29) is 11.7 Å². The zero-order chi connectivity index (χ0) is 15.2. The maximum atomic E-state index is 12.1. The van der Waals surface area contributed by atoms with Crippen molar-refractivity contribution in [3.05, 3.63) is 59.7 Å². The fourth-order valence-electron chi connectivity index (χ4n) is 1.87. The predicted octanol–water partition coefficient (Wildman–Crippen LogP) is 2.67. The highest BCUT2D eigenvalue weighted by molar-refractivity contribution is 7.78. The van der Waals surface area contributed by atoms with Crippen LogP contribution < -0.4 is 10.1 Å². The zero-order valence-corrected chi connectivity index (χ0v) is 12.2. The Bertz CT molecular complexity index is 658. The number of ether oxygens (including phenoxy) is 1. The van der Waals surface area contributed by atoms with Crippen LogP contribution in [0, 0.1) is 0 Å². The van der Waals surface area contributed by atoms with Gasteiger partial charge in [0.2, 0.25) is 0 Å². The van der Waals surface area contributed by atoms with Gasteiger partial charge in [-0.15, -0.1) is 0 Å². The van der Waals surface area contributed by atoms with Crippen LogP contribution in [0.25, 0.3) is 0 Å².